The van der Waals surface area contributed by atoms with E-state index in [4.69, 9.17) is 67.8 Å². The molecule has 23 heavy (non-hydrogen) atoms. The van der Waals surface area contributed by atoms with E-state index < -0.39 is 36.4 Å². The summed E-state index contributed by atoms with van der Waals surface area (Å²) in [6, 6.07) is 0. The van der Waals surface area contributed by atoms with Gasteiger partial charge in [-0.25, -0.2) is 4.79 Å². The minimum atomic E-state index is -2.74. The molecule has 0 heterocycles. The third-order valence-electron chi connectivity index (χ3n) is 1.29. The molecule has 11 nitrogen and oxygen atoms in total. The maximum atomic E-state index is 10.3. The van der Waals surface area contributed by atoms with E-state index in [0.29, 0.717) is 0 Å². The number of aliphatic carboxylic acids is 3. The van der Waals surface area contributed by atoms with Crippen LogP contribution in [0.5, 0.6) is 0 Å². The van der Waals surface area contributed by atoms with E-state index in [-0.39, 0.29) is 73.8 Å². The Labute approximate surface area is 190 Å². The summed E-state index contributed by atoms with van der Waals surface area (Å²) in [5, 5.41) is 58.8. The van der Waals surface area contributed by atoms with E-state index in [2.05, 4.69) is 0 Å². The molecule has 0 spiro atoms. The monoisotopic (exact) mass is 532 g/mol. The maximum absolute atomic E-state index is 10.3. The molecule has 0 saturated heterocycles. The number of carbonyl (C=O) groups is 3. The molecule has 0 aliphatic rings. The number of nitrogens with zero attached hydrogens (tertiary/aromatic N) is 4. The van der Waals surface area contributed by atoms with Crippen molar-refractivity contribution in [2.75, 3.05) is 0 Å². The van der Waals surface area contributed by atoms with Gasteiger partial charge in [0.25, 0.3) is 0 Å². The van der Waals surface area contributed by atoms with Crippen LogP contribution >= 0.6 is 0 Å². The first kappa shape index (κ1) is 43.0. The molecule has 0 saturated carbocycles. The van der Waals surface area contributed by atoms with Crippen molar-refractivity contribution in [1.29, 1.82) is 21.0 Å². The van der Waals surface area contributed by atoms with Crippen LogP contribution in [0, 0.1) is 47.3 Å². The molecule has 13 heteroatoms. The van der Waals surface area contributed by atoms with Gasteiger partial charge in [-0.3, -0.25) is 9.59 Å². The minimum absolute atomic E-state index is 0. The van der Waals surface area contributed by atoms with Gasteiger partial charge in [-0.2, -0.15) is 0 Å². The third kappa shape index (κ3) is 33.5. The number of hydrogen-bond acceptors (Lipinski definition) is 8. The molecular weight excluding hydrogens is 524 g/mol. The first-order chi connectivity index (χ1) is 9.78. The van der Waals surface area contributed by atoms with Crippen LogP contribution in [0.1, 0.15) is 12.8 Å². The van der Waals surface area contributed by atoms with Gasteiger partial charge in [-0.1, -0.05) is 0 Å². The number of carboxylic acid groups (broad SMARTS) is 3. The van der Waals surface area contributed by atoms with Crippen molar-refractivity contribution >= 4 is 17.9 Å². The molecule has 0 aromatic rings. The zero-order chi connectivity index (χ0) is 18.6. The number of rotatable bonds is 5. The van der Waals surface area contributed by atoms with Crippen molar-refractivity contribution in [3.63, 3.8) is 0 Å². The first-order valence-corrected chi connectivity index (χ1v) is 4.07. The second kappa shape index (κ2) is 32.6. The summed E-state index contributed by atoms with van der Waals surface area (Å²) in [5.74, 6) is -5.02. The number of hydrogen-bond donors (Lipinski definition) is 4. The van der Waals surface area contributed by atoms with Gasteiger partial charge in [0.1, 0.15) is 0 Å². The van der Waals surface area contributed by atoms with Gasteiger partial charge in [0.05, 0.1) is 12.8 Å². The van der Waals surface area contributed by atoms with Gasteiger partial charge < -0.3 is 67.8 Å². The second-order valence-electron chi connectivity index (χ2n) is 2.48. The molecule has 0 aromatic heterocycles. The smallest absolute Gasteiger partial charge is 0.512 e. The quantitative estimate of drug-likeness (QED) is 0.198. The molecule has 0 unspecified atom stereocenters. The average molecular weight is 532 g/mol. The van der Waals surface area contributed by atoms with Gasteiger partial charge in [0, 0.05) is 0 Å². The summed E-state index contributed by atoms with van der Waals surface area (Å²) in [5.41, 5.74) is -2.74. The molecule has 0 amide bonds. The summed E-state index contributed by atoms with van der Waals surface area (Å²) in [6.45, 7) is 19.0. The average Bonchev–Trinajstić information content (AvgIpc) is 2.45. The second-order valence-corrected chi connectivity index (χ2v) is 2.48. The summed E-state index contributed by atoms with van der Waals surface area (Å²) in [7, 11) is 0. The van der Waals surface area contributed by atoms with Crippen molar-refractivity contribution in [2.45, 2.75) is 18.4 Å². The minimum Gasteiger partial charge on any atom is -0.512 e. The van der Waals surface area contributed by atoms with Gasteiger partial charge in [0.15, 0.2) is 5.60 Å². The van der Waals surface area contributed by atoms with Gasteiger partial charge in [0.2, 0.25) is 0 Å². The largest absolute Gasteiger partial charge is 3.00 e. The van der Waals surface area contributed by atoms with E-state index in [1.807, 2.05) is 0 Å². The van der Waals surface area contributed by atoms with E-state index in [0.717, 1.165) is 0 Å². The van der Waals surface area contributed by atoms with Crippen LogP contribution in [0.3, 0.4) is 0 Å². The Hall–Kier alpha value is -1.29. The fourth-order valence-corrected chi connectivity index (χ4v) is 0.714. The molecule has 0 radical (unpaired) electrons. The van der Waals surface area contributed by atoms with E-state index in [9.17, 15) is 14.4 Å². The normalized spacial score (nSPS) is 6.48. The van der Waals surface area contributed by atoms with Crippen LogP contribution in [0.25, 0.3) is 0 Å². The summed E-state index contributed by atoms with van der Waals surface area (Å²) in [4.78, 5) is 30.5. The molecule has 0 fully saturated rings. The third-order valence-corrected chi connectivity index (χ3v) is 1.29. The molecule has 4 N–H and O–H groups in total. The Morgan fingerprint density at radius 1 is 0.739 bits per heavy atom. The predicted octanol–water partition coefficient (Wildman–Crippen LogP) is -3.86. The zero-order valence-corrected chi connectivity index (χ0v) is 16.8. The molecule has 0 bridgehead atoms. The summed E-state index contributed by atoms with van der Waals surface area (Å²) < 4.78 is 0. The fraction of sp³-hybridized carbons (Fsp3) is 0.300. The SMILES string of the molecule is O=C(O)CC(O)(CC(=O)O)C(=O)O.[Au+3].[C-]#N.[C-]#N.[C-]#N.[C-]#N.[K+]. The van der Waals surface area contributed by atoms with Gasteiger partial charge in [-0.05, 0) is 0 Å². The van der Waals surface area contributed by atoms with Crippen molar-refractivity contribution in [3.05, 3.63) is 26.3 Å². The Balaban J connectivity index is -0.0000000445. The van der Waals surface area contributed by atoms with Crippen molar-refractivity contribution in [2.24, 2.45) is 0 Å². The van der Waals surface area contributed by atoms with Crippen LogP contribution in [-0.2, 0) is 36.8 Å². The fourth-order valence-electron chi connectivity index (χ4n) is 0.714. The first-order valence-electron chi connectivity index (χ1n) is 4.07. The molecular formula is C10H8AuKN4O7. The Kier molecular flexibility index (Phi) is 61.0. The number of carboxylic acids is 3. The predicted molar refractivity (Wildman–Crippen MR) is 57.0 cm³/mol. The zero-order valence-electron chi connectivity index (χ0n) is 11.5. The van der Waals surface area contributed by atoms with Crippen LogP contribution in [0.2, 0.25) is 0 Å². The Bertz CT molecular complexity index is 369. The standard InChI is InChI=1S/C6H8O7.4CN.Au.K/c7-3(8)1-6(13,5(11)12)2-4(9)10;4*1-2;;/h13H,1-2H2,(H,7,8)(H,9,10)(H,11,12);;;;;;/q;4*-1;+3;+1. The summed E-state index contributed by atoms with van der Waals surface area (Å²) in [6.07, 6.45) is -2.29. The molecule has 0 aliphatic carbocycles. The van der Waals surface area contributed by atoms with E-state index in [1.54, 1.807) is 0 Å². The van der Waals surface area contributed by atoms with Crippen LogP contribution in [-0.4, -0.2) is 43.9 Å². The van der Waals surface area contributed by atoms with Crippen molar-refractivity contribution in [1.82, 2.24) is 0 Å². The van der Waals surface area contributed by atoms with Crippen molar-refractivity contribution < 1.29 is 109 Å². The van der Waals surface area contributed by atoms with E-state index >= 15 is 0 Å². The molecule has 0 rings (SSSR count). The van der Waals surface area contributed by atoms with Crippen LogP contribution in [0.4, 0.5) is 0 Å². The van der Waals surface area contributed by atoms with Gasteiger partial charge >= 0.3 is 91.7 Å². The van der Waals surface area contributed by atoms with Crippen LogP contribution < -0.4 is 51.4 Å². The molecule has 122 valence electrons. The summed E-state index contributed by atoms with van der Waals surface area (Å²) >= 11 is 0. The Morgan fingerprint density at radius 3 is 1.00 bits per heavy atom. The topological polar surface area (TPSA) is 227 Å². The Morgan fingerprint density at radius 2 is 0.913 bits per heavy atom. The molecule has 0 atom stereocenters. The van der Waals surface area contributed by atoms with Gasteiger partial charge in [-0.15, -0.1) is 0 Å². The van der Waals surface area contributed by atoms with Crippen LogP contribution in [0.15, 0.2) is 0 Å². The molecule has 0 aromatic carbocycles. The molecule has 0 aliphatic heterocycles. The maximum Gasteiger partial charge on any atom is 3.00 e. The van der Waals surface area contributed by atoms with E-state index in [1.165, 1.54) is 0 Å². The van der Waals surface area contributed by atoms with Crippen molar-refractivity contribution in [3.8, 4) is 0 Å². The number of aliphatic hydroxyl groups is 1.